The molecule has 33 fully saturated rings. The Labute approximate surface area is 741 Å². The quantitative estimate of drug-likeness (QED) is 0.227. The Kier molecular flexibility index (Phi) is 31.8. The van der Waals surface area contributed by atoms with Crippen molar-refractivity contribution >= 4 is 0 Å². The maximum absolute atomic E-state index is 1.64. The number of hydrogen-bond donors (Lipinski definition) is 0. The van der Waals surface area contributed by atoms with E-state index in [1.54, 1.807) is 443 Å². The molecule has 33 aliphatic carbocycles. The van der Waals surface area contributed by atoms with Gasteiger partial charge in [0.05, 0.1) is 0 Å². The van der Waals surface area contributed by atoms with Gasteiger partial charge in [0.15, 0.2) is 0 Å². The van der Waals surface area contributed by atoms with Crippen molar-refractivity contribution in [3.63, 3.8) is 0 Å². The zero-order chi connectivity index (χ0) is 79.6. The monoisotopic (exact) mass is 1630 g/mol. The van der Waals surface area contributed by atoms with Crippen LogP contribution < -0.4 is 0 Å². The van der Waals surface area contributed by atoms with Crippen molar-refractivity contribution in [3.05, 3.63) is 0 Å². The van der Waals surface area contributed by atoms with Crippen molar-refractivity contribution in [2.75, 3.05) is 0 Å². The Morgan fingerprint density at radius 2 is 0.252 bits per heavy atom. The topological polar surface area (TPSA) is 0 Å². The molecule has 0 nitrogen and oxygen atoms in total. The second-order valence-corrected chi connectivity index (χ2v) is 52.7. The maximum atomic E-state index is 1.64. The highest BCUT2D eigenvalue weighted by Crippen LogP contribution is 2.64. The van der Waals surface area contributed by atoms with E-state index in [9.17, 15) is 0 Å². The van der Waals surface area contributed by atoms with Crippen LogP contribution in [0.4, 0.5) is 0 Å². The molecule has 10 bridgehead atoms. The minimum absolute atomic E-state index is 0.858. The number of rotatable bonds is 0. The van der Waals surface area contributed by atoms with Gasteiger partial charge in [-0.15, -0.1) is 0 Å². The van der Waals surface area contributed by atoms with Gasteiger partial charge in [-0.25, -0.2) is 0 Å². The molecule has 33 saturated carbocycles. The lowest BCUT2D eigenvalue weighted by Crippen LogP contribution is -2.49. The third-order valence-corrected chi connectivity index (χ3v) is 46.3. The van der Waals surface area contributed by atoms with Gasteiger partial charge in [-0.05, 0) is 463 Å². The lowest BCUT2D eigenvalue weighted by atomic mass is 9.48. The Bertz CT molecular complexity index is 2720. The highest BCUT2D eigenvalue weighted by Gasteiger charge is 2.54. The average molecular weight is 1630 g/mol. The van der Waals surface area contributed by atoms with Gasteiger partial charge >= 0.3 is 0 Å². The van der Waals surface area contributed by atoms with Crippen LogP contribution in [0.3, 0.4) is 0 Å². The van der Waals surface area contributed by atoms with Crippen molar-refractivity contribution in [2.24, 2.45) is 194 Å². The van der Waals surface area contributed by atoms with Crippen LogP contribution in [-0.4, -0.2) is 0 Å². The summed E-state index contributed by atoms with van der Waals surface area (Å²) in [5, 5.41) is 0. The number of fused-ring (bicyclic) bond motifs is 25. The molecule has 678 valence electrons. The SMILES string of the molecule is C1C2CC1C2.C1CC2CC(C1)C2.C1CC2CC1C2.C1CC2CCC1C2.C1CCC2(CC1)CC2.C1CCC2(CC1)CCCC2.C1CCC2(CC1)CCCCC2.C1CCC2C(C1)CCC1C2CCC2C3CCCCC3CCC21.C1CCC2C(C1)CCC1C3CCCC3CCC21.C1CCC2C(C1)CCC1C3CCCCC3CCC21.C1CCC2CC(C1)C2. The van der Waals surface area contributed by atoms with Gasteiger partial charge in [0.1, 0.15) is 0 Å². The first-order valence-corrected chi connectivity index (χ1v) is 58.8. The van der Waals surface area contributed by atoms with Crippen LogP contribution in [0.25, 0.3) is 0 Å². The Morgan fingerprint density at radius 3 is 0.462 bits per heavy atom. The molecule has 3 spiro atoms. The Balaban J connectivity index is 0.0000000893. The molecular formula is C119H202. The molecule has 119 heavy (non-hydrogen) atoms. The van der Waals surface area contributed by atoms with E-state index in [0.717, 1.165) is 63.6 Å². The highest BCUT2D eigenvalue weighted by molar-refractivity contribution is 5.05. The first-order chi connectivity index (χ1) is 58.8. The largest absolute Gasteiger partial charge is 0.0533 e. The fourth-order valence-corrected chi connectivity index (χ4v) is 39.0. The second kappa shape index (κ2) is 42.9. The van der Waals surface area contributed by atoms with E-state index in [2.05, 4.69) is 0 Å². The van der Waals surface area contributed by atoms with E-state index >= 15 is 0 Å². The lowest BCUT2D eigenvalue weighted by molar-refractivity contribution is -0.0786. The van der Waals surface area contributed by atoms with Crippen LogP contribution in [0, 0.1) is 194 Å². The second-order valence-electron chi connectivity index (χ2n) is 52.7. The van der Waals surface area contributed by atoms with Crippen molar-refractivity contribution in [1.82, 2.24) is 0 Å². The summed E-state index contributed by atoms with van der Waals surface area (Å²) in [6.07, 6.45) is 135. The van der Waals surface area contributed by atoms with E-state index in [4.69, 9.17) is 0 Å². The van der Waals surface area contributed by atoms with Gasteiger partial charge < -0.3 is 0 Å². The molecule has 0 aromatic rings. The molecule has 0 aromatic heterocycles. The Morgan fingerprint density at radius 1 is 0.0924 bits per heavy atom. The fourth-order valence-electron chi connectivity index (χ4n) is 39.0. The first-order valence-electron chi connectivity index (χ1n) is 58.8. The smallest absolute Gasteiger partial charge is 0.0297 e. The van der Waals surface area contributed by atoms with E-state index in [1.807, 2.05) is 0 Å². The average Bonchev–Trinajstić information content (AvgIpc) is 1.48. The van der Waals surface area contributed by atoms with Crippen LogP contribution in [0.2, 0.25) is 0 Å². The van der Waals surface area contributed by atoms with Crippen LogP contribution in [0.1, 0.15) is 552 Å². The van der Waals surface area contributed by atoms with E-state index in [-0.39, 0.29) is 0 Å². The van der Waals surface area contributed by atoms with Crippen molar-refractivity contribution in [2.45, 2.75) is 552 Å². The summed E-state index contributed by atoms with van der Waals surface area (Å²) in [6, 6.07) is 0. The van der Waals surface area contributed by atoms with Crippen molar-refractivity contribution in [3.8, 4) is 0 Å². The van der Waals surface area contributed by atoms with Crippen LogP contribution in [0.5, 0.6) is 0 Å². The number of hydrogen-bond acceptors (Lipinski definition) is 0. The molecule has 33 rings (SSSR count). The molecule has 0 aliphatic heterocycles. The highest BCUT2D eigenvalue weighted by atomic mass is 14.6. The molecule has 0 N–H and O–H groups in total. The normalized spacial score (nSPS) is 47.0. The molecule has 0 radical (unpaired) electrons. The van der Waals surface area contributed by atoms with Gasteiger partial charge in [-0.1, -0.05) is 283 Å². The molecule has 0 heterocycles. The third kappa shape index (κ3) is 22.4. The van der Waals surface area contributed by atoms with Crippen LogP contribution >= 0.6 is 0 Å². The molecule has 0 aromatic carbocycles. The minimum atomic E-state index is 0.858. The maximum Gasteiger partial charge on any atom is -0.0297 e. The summed E-state index contributed by atoms with van der Waals surface area (Å²) in [7, 11) is 0. The summed E-state index contributed by atoms with van der Waals surface area (Å²) in [5.74, 6) is 35.1. The van der Waals surface area contributed by atoms with Crippen LogP contribution in [-0.2, 0) is 0 Å². The zero-order valence-electron chi connectivity index (χ0n) is 79.6. The first kappa shape index (κ1) is 88.3. The summed E-state index contributed by atoms with van der Waals surface area (Å²) in [5.41, 5.74) is 2.66. The lowest BCUT2D eigenvalue weighted by Gasteiger charge is -2.57. The summed E-state index contributed by atoms with van der Waals surface area (Å²) < 4.78 is 0. The van der Waals surface area contributed by atoms with Crippen molar-refractivity contribution < 1.29 is 0 Å². The van der Waals surface area contributed by atoms with E-state index < -0.39 is 0 Å². The Hall–Kier alpha value is 0. The van der Waals surface area contributed by atoms with Gasteiger partial charge in [0.2, 0.25) is 0 Å². The molecular weight excluding hydrogens is 1430 g/mol. The third-order valence-electron chi connectivity index (χ3n) is 46.3. The van der Waals surface area contributed by atoms with E-state index in [1.165, 1.54) is 239 Å². The predicted octanol–water partition coefficient (Wildman–Crippen LogP) is 37.2. The minimum Gasteiger partial charge on any atom is -0.0533 e. The van der Waals surface area contributed by atoms with Crippen molar-refractivity contribution in [1.29, 1.82) is 0 Å². The van der Waals surface area contributed by atoms with Gasteiger partial charge in [-0.3, -0.25) is 0 Å². The summed E-state index contributed by atoms with van der Waals surface area (Å²) >= 11 is 0. The van der Waals surface area contributed by atoms with Crippen LogP contribution in [0.15, 0.2) is 0 Å². The molecule has 0 heteroatoms. The molecule has 0 saturated heterocycles. The van der Waals surface area contributed by atoms with E-state index in [0.29, 0.717) is 0 Å². The summed E-state index contributed by atoms with van der Waals surface area (Å²) in [6.45, 7) is 0. The molecule has 33 aliphatic rings. The van der Waals surface area contributed by atoms with Gasteiger partial charge in [0.25, 0.3) is 0 Å². The molecule has 0 amide bonds. The van der Waals surface area contributed by atoms with Gasteiger partial charge in [0, 0.05) is 0 Å². The molecule has 20 unspecified atom stereocenters. The fraction of sp³-hybridized carbons (Fsp3) is 1.00. The predicted molar refractivity (Wildman–Crippen MR) is 509 cm³/mol. The summed E-state index contributed by atoms with van der Waals surface area (Å²) in [4.78, 5) is 0. The molecule has 20 atom stereocenters. The van der Waals surface area contributed by atoms with Gasteiger partial charge in [-0.2, -0.15) is 0 Å². The standard InChI is InChI=1S/C22H36.C18H30.C17H28.C11H20.C10H18.2C8H14.2C7H12.C6H10.C5H8/c1-3-7-17-15(5-1)9-11-21-19(17)13-14-20-18-8-4-2-6-16(18)10-12-22(20)21;1-3-7-15-13(5-1)9-11-18-16-8-4-2-6-14(16)10-12-17(15)18;1-2-6-14-12(4-1)8-10-17-15-7-3-5-13(15)9-11-16(14)17;1-3-7-11(8-4-1)9-5-2-6-10-11;1-2-6-10(7-3-1)8-4-5-9-10;1-2-4-8-5-7(3-1)6-8;1-2-4-8(5-3-1)6-7-8;1-2-7-4-3-6(1)5-7;1-2-6-4-7(3-1)5-6;1-2-6-3-5(1)4-6;1-4-2-5(1)3-4/h15-22H,1-14H2;13-18H,1-12H2;12-17H,1-11H2;1-10H2;1-9H2;7-8H,1-6H2;1-7H2;2*6-7H,1-5H2;5-6H,1-4H2;4-5H,1-3H2. The zero-order valence-corrected chi connectivity index (χ0v) is 79.6.